The molecule has 1 saturated heterocycles. The molecule has 4 rings (SSSR count). The number of nitrogens with one attached hydrogen (secondary N) is 2. The lowest BCUT2D eigenvalue weighted by Gasteiger charge is -2.32. The standard InChI is InChI=1S/C26H31N5O6S.2ClH/c1-16(27)30-10-8-21(9-11-30)37-22-5-6-23-19(14-22)13-20(31(23)38(35,36)15-25(33)34)4-2-17-12-18(26(28)29)3-7-24(17)32;;/h2-7,12,14,20-21,27,32H,8-11,13,15H2,1H3,(H3,28,29)(H,33,34);2*1H/b4-2+,27-16?;;. The molecule has 1 atom stereocenters. The van der Waals surface area contributed by atoms with Crippen LogP contribution in [0.15, 0.2) is 42.5 Å². The van der Waals surface area contributed by atoms with E-state index in [9.17, 15) is 23.4 Å². The lowest BCUT2D eigenvalue weighted by molar-refractivity contribution is -0.134. The van der Waals surface area contributed by atoms with Gasteiger partial charge in [0.2, 0.25) is 10.0 Å². The summed E-state index contributed by atoms with van der Waals surface area (Å²) in [5.74, 6) is -1.64. The van der Waals surface area contributed by atoms with Gasteiger partial charge in [0.25, 0.3) is 0 Å². The number of likely N-dealkylation sites (tertiary alicyclic amines) is 1. The summed E-state index contributed by atoms with van der Waals surface area (Å²) in [5, 5.41) is 34.9. The second-order valence-electron chi connectivity index (χ2n) is 9.44. The molecule has 0 aliphatic carbocycles. The lowest BCUT2D eigenvalue weighted by atomic mass is 10.1. The van der Waals surface area contributed by atoms with E-state index in [4.69, 9.17) is 21.3 Å². The predicted octanol–water partition coefficient (Wildman–Crippen LogP) is 3.22. The maximum absolute atomic E-state index is 13.1. The van der Waals surface area contributed by atoms with Crippen molar-refractivity contribution in [1.29, 1.82) is 10.8 Å². The van der Waals surface area contributed by atoms with Gasteiger partial charge < -0.3 is 25.6 Å². The molecular formula is C26H33Cl2N5O6S. The van der Waals surface area contributed by atoms with E-state index < -0.39 is 27.8 Å². The molecular weight excluding hydrogens is 581 g/mol. The summed E-state index contributed by atoms with van der Waals surface area (Å²) in [6.07, 6.45) is 4.91. The lowest BCUT2D eigenvalue weighted by Crippen LogP contribution is -2.40. The van der Waals surface area contributed by atoms with Gasteiger partial charge in [-0.05, 0) is 55.3 Å². The molecule has 0 saturated carbocycles. The maximum Gasteiger partial charge on any atom is 0.320 e. The Hall–Kier alpha value is -3.48. The summed E-state index contributed by atoms with van der Waals surface area (Å²) in [4.78, 5) is 13.3. The van der Waals surface area contributed by atoms with E-state index in [1.165, 1.54) is 24.3 Å². The number of carboxylic acids is 1. The number of benzene rings is 2. The molecule has 6 N–H and O–H groups in total. The van der Waals surface area contributed by atoms with E-state index in [1.807, 2.05) is 4.90 Å². The fraction of sp³-hybridized carbons (Fsp3) is 0.346. The van der Waals surface area contributed by atoms with Crippen LogP contribution in [0.25, 0.3) is 6.08 Å². The Morgan fingerprint density at radius 3 is 2.42 bits per heavy atom. The van der Waals surface area contributed by atoms with Gasteiger partial charge in [0, 0.05) is 37.1 Å². The second kappa shape index (κ2) is 13.2. The van der Waals surface area contributed by atoms with Crippen LogP contribution in [-0.2, 0) is 21.2 Å². The number of aromatic hydroxyl groups is 1. The van der Waals surface area contributed by atoms with Crippen LogP contribution in [-0.4, -0.2) is 72.2 Å². The topological polar surface area (TPSA) is 181 Å². The fourth-order valence-electron chi connectivity index (χ4n) is 4.80. The highest BCUT2D eigenvalue weighted by Gasteiger charge is 2.38. The number of sulfonamides is 1. The van der Waals surface area contributed by atoms with Crippen molar-refractivity contribution in [2.24, 2.45) is 5.73 Å². The molecule has 0 radical (unpaired) electrons. The number of carboxylic acid groups (broad SMARTS) is 1. The fourth-order valence-corrected chi connectivity index (χ4v) is 6.29. The number of anilines is 1. The molecule has 11 nitrogen and oxygen atoms in total. The van der Waals surface area contributed by atoms with Crippen LogP contribution in [0.4, 0.5) is 5.69 Å². The van der Waals surface area contributed by atoms with Crippen molar-refractivity contribution in [3.8, 4) is 11.5 Å². The molecule has 0 aromatic heterocycles. The summed E-state index contributed by atoms with van der Waals surface area (Å²) < 4.78 is 33.5. The van der Waals surface area contributed by atoms with Gasteiger partial charge in [-0.1, -0.05) is 12.2 Å². The number of phenolic OH excluding ortho intramolecular Hbond substituents is 1. The van der Waals surface area contributed by atoms with Crippen molar-refractivity contribution in [2.75, 3.05) is 23.1 Å². The minimum absolute atomic E-state index is 0. The van der Waals surface area contributed by atoms with Crippen molar-refractivity contribution in [1.82, 2.24) is 4.90 Å². The average Bonchev–Trinajstić information content (AvgIpc) is 3.21. The second-order valence-corrected chi connectivity index (χ2v) is 11.3. The monoisotopic (exact) mass is 613 g/mol. The number of aliphatic carboxylic acids is 1. The number of hydrogen-bond donors (Lipinski definition) is 5. The van der Waals surface area contributed by atoms with Crippen LogP contribution in [0, 0.1) is 10.8 Å². The number of nitrogens with zero attached hydrogens (tertiary/aromatic N) is 2. The number of nitrogens with two attached hydrogens (primary N) is 1. The van der Waals surface area contributed by atoms with Gasteiger partial charge in [0.15, 0.2) is 5.75 Å². The number of fused-ring (bicyclic) bond motifs is 1. The Kier molecular flexibility index (Phi) is 10.8. The zero-order chi connectivity index (χ0) is 27.6. The molecule has 40 heavy (non-hydrogen) atoms. The van der Waals surface area contributed by atoms with Gasteiger partial charge in [-0.15, -0.1) is 24.8 Å². The molecule has 0 bridgehead atoms. The SMILES string of the molecule is CC(=N)N1CCC(Oc2ccc3c(c2)CC(/C=C/c2cc(C(=N)N)ccc2O)N3S(=O)(=O)CC(=O)O)CC1.Cl.Cl. The summed E-state index contributed by atoms with van der Waals surface area (Å²) in [5.41, 5.74) is 7.37. The van der Waals surface area contributed by atoms with Crippen LogP contribution >= 0.6 is 24.8 Å². The van der Waals surface area contributed by atoms with Gasteiger partial charge in [-0.3, -0.25) is 19.9 Å². The first-order chi connectivity index (χ1) is 17.9. The number of nitrogen functional groups attached to an aromatic ring is 1. The summed E-state index contributed by atoms with van der Waals surface area (Å²) in [7, 11) is -4.21. The van der Waals surface area contributed by atoms with Crippen molar-refractivity contribution >= 4 is 64.2 Å². The molecule has 2 aliphatic heterocycles. The number of hydrogen-bond acceptors (Lipinski definition) is 7. The van der Waals surface area contributed by atoms with Gasteiger partial charge in [0.05, 0.1) is 17.6 Å². The Bertz CT molecular complexity index is 1410. The van der Waals surface area contributed by atoms with Gasteiger partial charge >= 0.3 is 5.97 Å². The molecule has 2 aliphatic rings. The highest BCUT2D eigenvalue weighted by atomic mass is 35.5. The number of phenols is 1. The van der Waals surface area contributed by atoms with E-state index in [0.29, 0.717) is 34.0 Å². The third-order valence-corrected chi connectivity index (χ3v) is 8.36. The van der Waals surface area contributed by atoms with Crippen LogP contribution in [0.2, 0.25) is 0 Å². The number of halogens is 2. The Labute approximate surface area is 245 Å². The summed E-state index contributed by atoms with van der Waals surface area (Å²) in [6, 6.07) is 8.78. The smallest absolute Gasteiger partial charge is 0.320 e. The molecule has 2 aromatic rings. The highest BCUT2D eigenvalue weighted by Crippen LogP contribution is 2.38. The van der Waals surface area contributed by atoms with Crippen molar-refractivity contribution in [3.05, 3.63) is 59.2 Å². The molecule has 2 aromatic carbocycles. The first kappa shape index (κ1) is 32.7. The number of amidine groups is 2. The molecule has 218 valence electrons. The number of rotatable bonds is 8. The predicted molar refractivity (Wildman–Crippen MR) is 159 cm³/mol. The molecule has 1 fully saturated rings. The number of carbonyl (C=O) groups is 1. The Balaban J connectivity index is 0.00000280. The van der Waals surface area contributed by atoms with Crippen LogP contribution in [0.1, 0.15) is 36.5 Å². The van der Waals surface area contributed by atoms with Gasteiger partial charge in [0.1, 0.15) is 23.4 Å². The molecule has 14 heteroatoms. The zero-order valence-electron chi connectivity index (χ0n) is 21.7. The molecule has 0 spiro atoms. The van der Waals surface area contributed by atoms with E-state index in [1.54, 1.807) is 31.2 Å². The molecule has 2 heterocycles. The Morgan fingerprint density at radius 2 is 1.82 bits per heavy atom. The van der Waals surface area contributed by atoms with Crippen LogP contribution in [0.5, 0.6) is 11.5 Å². The highest BCUT2D eigenvalue weighted by molar-refractivity contribution is 7.93. The first-order valence-electron chi connectivity index (χ1n) is 12.1. The quantitative estimate of drug-likeness (QED) is 0.222. The van der Waals surface area contributed by atoms with E-state index >= 15 is 0 Å². The van der Waals surface area contributed by atoms with Crippen LogP contribution < -0.4 is 14.8 Å². The number of ether oxygens (including phenoxy) is 1. The number of piperidine rings is 1. The van der Waals surface area contributed by atoms with Crippen molar-refractivity contribution < 1.29 is 28.2 Å². The maximum atomic E-state index is 13.1. The van der Waals surface area contributed by atoms with Crippen LogP contribution in [0.3, 0.4) is 0 Å². The third kappa shape index (κ3) is 7.38. The van der Waals surface area contributed by atoms with E-state index in [-0.39, 0.29) is 48.9 Å². The van der Waals surface area contributed by atoms with E-state index in [0.717, 1.165) is 30.2 Å². The van der Waals surface area contributed by atoms with Gasteiger partial charge in [-0.25, -0.2) is 8.42 Å². The van der Waals surface area contributed by atoms with Crippen molar-refractivity contribution in [2.45, 2.75) is 38.3 Å². The van der Waals surface area contributed by atoms with E-state index in [2.05, 4.69) is 0 Å². The van der Waals surface area contributed by atoms with Gasteiger partial charge in [-0.2, -0.15) is 0 Å². The average molecular weight is 615 g/mol. The molecule has 0 amide bonds. The zero-order valence-corrected chi connectivity index (χ0v) is 24.2. The Morgan fingerprint density at radius 1 is 1.15 bits per heavy atom. The summed E-state index contributed by atoms with van der Waals surface area (Å²) in [6.45, 7) is 3.23. The largest absolute Gasteiger partial charge is 0.507 e. The summed E-state index contributed by atoms with van der Waals surface area (Å²) >= 11 is 0. The first-order valence-corrected chi connectivity index (χ1v) is 13.7. The third-order valence-electron chi connectivity index (χ3n) is 6.68. The normalized spacial score (nSPS) is 17.1. The van der Waals surface area contributed by atoms with Crippen molar-refractivity contribution in [3.63, 3.8) is 0 Å². The molecule has 1 unspecified atom stereocenters. The minimum Gasteiger partial charge on any atom is -0.507 e. The minimum atomic E-state index is -4.21.